The molecule has 1 aromatic carbocycles. The predicted molar refractivity (Wildman–Crippen MR) is 89.6 cm³/mol. The van der Waals surface area contributed by atoms with Gasteiger partial charge in [0.05, 0.1) is 28.3 Å². The monoisotopic (exact) mass is 350 g/mol. The number of rotatable bonds is 3. The van der Waals surface area contributed by atoms with Crippen LogP contribution in [0.4, 0.5) is 5.69 Å². The van der Waals surface area contributed by atoms with Gasteiger partial charge in [0, 0.05) is 20.2 Å². The van der Waals surface area contributed by atoms with Crippen LogP contribution in [-0.2, 0) is 14.6 Å². The first kappa shape index (κ1) is 20.7. The number of hydrogen-bond acceptors (Lipinski definition) is 6. The molecule has 0 fully saturated rings. The van der Waals surface area contributed by atoms with E-state index in [0.717, 1.165) is 17.3 Å². The highest BCUT2D eigenvalue weighted by molar-refractivity contribution is 7.80. The zero-order valence-electron chi connectivity index (χ0n) is 13.6. The first-order valence-electron chi connectivity index (χ1n) is 6.19. The second kappa shape index (κ2) is 8.39. The van der Waals surface area contributed by atoms with E-state index in [-0.39, 0.29) is 0 Å². The topological polar surface area (TPSA) is 78.9 Å². The van der Waals surface area contributed by atoms with Crippen molar-refractivity contribution in [3.63, 3.8) is 0 Å². The third-order valence-corrected chi connectivity index (χ3v) is 3.22. The van der Waals surface area contributed by atoms with Gasteiger partial charge < -0.3 is 14.2 Å². The molecule has 0 amide bonds. The summed E-state index contributed by atoms with van der Waals surface area (Å²) in [7, 11) is 6.47. The maximum atomic E-state index is 9.22. The Balaban J connectivity index is 0.000000626. The molecule has 9 heteroatoms. The Labute approximate surface area is 137 Å². The van der Waals surface area contributed by atoms with Gasteiger partial charge in [-0.3, -0.25) is 8.67 Å². The Morgan fingerprint density at radius 3 is 2.14 bits per heavy atom. The van der Waals surface area contributed by atoms with E-state index in [2.05, 4.69) is 31.4 Å². The van der Waals surface area contributed by atoms with E-state index < -0.39 is 10.4 Å². The first-order valence-corrected chi connectivity index (χ1v) is 7.93. The summed E-state index contributed by atoms with van der Waals surface area (Å²) < 4.78 is 37.3. The maximum absolute atomic E-state index is 9.22. The average molecular weight is 350 g/mol. The Bertz CT molecular complexity index is 595. The van der Waals surface area contributed by atoms with Gasteiger partial charge in [0.25, 0.3) is 5.17 Å². The molecule has 1 aromatic rings. The van der Waals surface area contributed by atoms with Crippen LogP contribution in [0.1, 0.15) is 0 Å². The molecule has 0 aliphatic heterocycles. The molecule has 0 aliphatic carbocycles. The van der Waals surface area contributed by atoms with E-state index >= 15 is 0 Å². The SMILES string of the molecule is CN(C)C(=S)Oc1cccc([N+](C)(C)C)c1.COS(=O)(=O)[O-]. The number of benzene rings is 1. The van der Waals surface area contributed by atoms with Gasteiger partial charge >= 0.3 is 0 Å². The molecule has 0 aromatic heterocycles. The van der Waals surface area contributed by atoms with Crippen LogP contribution < -0.4 is 9.22 Å². The zero-order valence-corrected chi connectivity index (χ0v) is 15.2. The predicted octanol–water partition coefficient (Wildman–Crippen LogP) is 1.20. The average Bonchev–Trinajstić information content (AvgIpc) is 2.38. The summed E-state index contributed by atoms with van der Waals surface area (Å²) in [5.41, 5.74) is 1.18. The van der Waals surface area contributed by atoms with E-state index in [1.807, 2.05) is 32.3 Å². The minimum Gasteiger partial charge on any atom is -0.726 e. The minimum atomic E-state index is -4.41. The number of quaternary nitrogens is 1. The molecule has 7 nitrogen and oxygen atoms in total. The van der Waals surface area contributed by atoms with Crippen molar-refractivity contribution in [2.75, 3.05) is 42.3 Å². The van der Waals surface area contributed by atoms with Crippen molar-refractivity contribution in [2.24, 2.45) is 0 Å². The lowest BCUT2D eigenvalue weighted by Gasteiger charge is -2.24. The second-order valence-corrected chi connectivity index (χ2v) is 6.85. The largest absolute Gasteiger partial charge is 0.726 e. The summed E-state index contributed by atoms with van der Waals surface area (Å²) in [5.74, 6) is 0.782. The molecule has 0 spiro atoms. The molecule has 1 rings (SSSR count). The quantitative estimate of drug-likeness (QED) is 0.351. The Hall–Kier alpha value is -1.26. The summed E-state index contributed by atoms with van der Waals surface area (Å²) in [5, 5.41) is 0.471. The summed E-state index contributed by atoms with van der Waals surface area (Å²) in [6.07, 6.45) is 0. The second-order valence-electron chi connectivity index (χ2n) is 5.35. The van der Waals surface area contributed by atoms with Crippen LogP contribution in [-0.4, -0.2) is 65.4 Å². The van der Waals surface area contributed by atoms with E-state index in [4.69, 9.17) is 17.0 Å². The van der Waals surface area contributed by atoms with Crippen molar-refractivity contribution in [1.29, 1.82) is 0 Å². The van der Waals surface area contributed by atoms with Crippen molar-refractivity contribution in [2.45, 2.75) is 0 Å². The number of hydrogen-bond donors (Lipinski definition) is 0. The molecule has 126 valence electrons. The normalized spacial score (nSPS) is 11.2. The lowest BCUT2D eigenvalue weighted by molar-refractivity contribution is 0.314. The highest BCUT2D eigenvalue weighted by Crippen LogP contribution is 2.23. The van der Waals surface area contributed by atoms with Crippen molar-refractivity contribution in [3.05, 3.63) is 24.3 Å². The van der Waals surface area contributed by atoms with Gasteiger partial charge in [-0.15, -0.1) is 0 Å². The van der Waals surface area contributed by atoms with Crippen LogP contribution in [0.5, 0.6) is 5.75 Å². The molecule has 0 saturated carbocycles. The zero-order chi connectivity index (χ0) is 17.6. The smallest absolute Gasteiger partial charge is 0.264 e. The third kappa shape index (κ3) is 8.90. The summed E-state index contributed by atoms with van der Waals surface area (Å²) in [6, 6.07) is 7.97. The Kier molecular flexibility index (Phi) is 7.91. The molecule has 0 radical (unpaired) electrons. The third-order valence-electron chi connectivity index (χ3n) is 2.37. The van der Waals surface area contributed by atoms with Gasteiger partial charge in [-0.1, -0.05) is 6.07 Å². The Morgan fingerprint density at radius 2 is 1.77 bits per heavy atom. The molecular formula is C13H22N2O5S2. The number of ether oxygens (including phenoxy) is 1. The summed E-state index contributed by atoms with van der Waals surface area (Å²) in [6.45, 7) is 0. The molecule has 0 unspecified atom stereocenters. The van der Waals surface area contributed by atoms with Crippen molar-refractivity contribution < 1.29 is 21.9 Å². The van der Waals surface area contributed by atoms with E-state index in [1.165, 1.54) is 5.69 Å². The fourth-order valence-corrected chi connectivity index (χ4v) is 1.25. The van der Waals surface area contributed by atoms with Gasteiger partial charge in [-0.25, -0.2) is 8.42 Å². The van der Waals surface area contributed by atoms with Crippen molar-refractivity contribution >= 4 is 33.5 Å². The van der Waals surface area contributed by atoms with Gasteiger partial charge in [-0.05, 0) is 24.4 Å². The van der Waals surface area contributed by atoms with Crippen LogP contribution in [0.25, 0.3) is 0 Å². The number of nitrogens with zero attached hydrogens (tertiary/aromatic N) is 2. The van der Waals surface area contributed by atoms with E-state index in [1.54, 1.807) is 4.90 Å². The molecule has 0 bridgehead atoms. The Morgan fingerprint density at radius 1 is 1.27 bits per heavy atom. The van der Waals surface area contributed by atoms with E-state index in [9.17, 15) is 13.0 Å². The lowest BCUT2D eigenvalue weighted by atomic mass is 10.2. The van der Waals surface area contributed by atoms with Crippen LogP contribution >= 0.6 is 12.2 Å². The van der Waals surface area contributed by atoms with Gasteiger partial charge in [0.2, 0.25) is 10.4 Å². The van der Waals surface area contributed by atoms with Crippen molar-refractivity contribution in [3.8, 4) is 5.75 Å². The van der Waals surface area contributed by atoms with Gasteiger partial charge in [-0.2, -0.15) is 0 Å². The highest BCUT2D eigenvalue weighted by atomic mass is 32.3. The van der Waals surface area contributed by atoms with Crippen LogP contribution in [0, 0.1) is 0 Å². The van der Waals surface area contributed by atoms with Crippen LogP contribution in [0.2, 0.25) is 0 Å². The molecule has 0 saturated heterocycles. The van der Waals surface area contributed by atoms with Gasteiger partial charge in [0.15, 0.2) is 0 Å². The van der Waals surface area contributed by atoms with Crippen LogP contribution in [0.15, 0.2) is 24.3 Å². The number of thiocarbonyl (C=S) groups is 1. The van der Waals surface area contributed by atoms with E-state index in [0.29, 0.717) is 5.17 Å². The highest BCUT2D eigenvalue weighted by Gasteiger charge is 2.13. The molecule has 0 aliphatic rings. The maximum Gasteiger partial charge on any atom is 0.264 e. The molecular weight excluding hydrogens is 328 g/mol. The standard InChI is InChI=1S/C12H19N2OS.CH4O4S/c1-13(2)12(16)15-11-8-6-7-10(9-11)14(3,4)5;1-5-6(2,3)4/h6-9H,1-5H3;1H3,(H,2,3,4)/q+1;/p-1. The molecule has 22 heavy (non-hydrogen) atoms. The summed E-state index contributed by atoms with van der Waals surface area (Å²) in [4.78, 5) is 1.77. The minimum absolute atomic E-state index is 0.471. The fraction of sp³-hybridized carbons (Fsp3) is 0.462. The molecule has 0 N–H and O–H groups in total. The van der Waals surface area contributed by atoms with Gasteiger partial charge in [0.1, 0.15) is 11.4 Å². The molecule has 0 heterocycles. The summed E-state index contributed by atoms with van der Waals surface area (Å²) >= 11 is 5.10. The lowest BCUT2D eigenvalue weighted by Crippen LogP contribution is -2.34. The van der Waals surface area contributed by atoms with Crippen molar-refractivity contribution in [1.82, 2.24) is 9.38 Å². The fourth-order valence-electron chi connectivity index (χ4n) is 1.16. The molecule has 0 atom stereocenters. The van der Waals surface area contributed by atoms with Crippen LogP contribution in [0.3, 0.4) is 0 Å². The first-order chi connectivity index (χ1) is 9.86.